The molecule has 2 aromatic carbocycles. The van der Waals surface area contributed by atoms with Crippen LogP contribution in [0.15, 0.2) is 48.5 Å². The second kappa shape index (κ2) is 7.97. The summed E-state index contributed by atoms with van der Waals surface area (Å²) in [5.74, 6) is -0.221. The van der Waals surface area contributed by atoms with Gasteiger partial charge in [-0.3, -0.25) is 4.79 Å². The summed E-state index contributed by atoms with van der Waals surface area (Å²) in [7, 11) is 0. The van der Waals surface area contributed by atoms with Gasteiger partial charge in [-0.1, -0.05) is 18.2 Å². The Morgan fingerprint density at radius 3 is 2.78 bits per heavy atom. The maximum absolute atomic E-state index is 11.9. The molecule has 0 saturated carbocycles. The van der Waals surface area contributed by atoms with E-state index in [4.69, 9.17) is 10.4 Å². The van der Waals surface area contributed by atoms with Gasteiger partial charge in [-0.15, -0.1) is 0 Å². The number of benzene rings is 2. The van der Waals surface area contributed by atoms with Gasteiger partial charge in [0.2, 0.25) is 0 Å². The maximum Gasteiger partial charge on any atom is 0.251 e. The van der Waals surface area contributed by atoms with Crippen LogP contribution in [0.2, 0.25) is 0 Å². The predicted octanol–water partition coefficient (Wildman–Crippen LogP) is 2.45. The van der Waals surface area contributed by atoms with Crippen molar-refractivity contribution in [1.29, 1.82) is 5.26 Å². The SMILES string of the molecule is CC(Nc1cccc(C(=O)NCCO)c1)c1cccc(C#N)c1. The Balaban J connectivity index is 2.10. The molecule has 0 aliphatic heterocycles. The first-order chi connectivity index (χ1) is 11.1. The van der Waals surface area contributed by atoms with Gasteiger partial charge in [0.05, 0.1) is 18.2 Å². The average Bonchev–Trinajstić information content (AvgIpc) is 2.59. The molecule has 5 heteroatoms. The molecule has 0 aliphatic carbocycles. The van der Waals surface area contributed by atoms with Crippen molar-refractivity contribution in [3.63, 3.8) is 0 Å². The number of aliphatic hydroxyl groups excluding tert-OH is 1. The first kappa shape index (κ1) is 16.5. The molecule has 23 heavy (non-hydrogen) atoms. The molecule has 0 bridgehead atoms. The number of anilines is 1. The first-order valence-electron chi connectivity index (χ1n) is 7.39. The van der Waals surface area contributed by atoms with Crippen LogP contribution in [0.25, 0.3) is 0 Å². The van der Waals surface area contributed by atoms with Crippen molar-refractivity contribution in [2.75, 3.05) is 18.5 Å². The topological polar surface area (TPSA) is 85.2 Å². The molecule has 3 N–H and O–H groups in total. The molecule has 0 spiro atoms. The predicted molar refractivity (Wildman–Crippen MR) is 89.1 cm³/mol. The fraction of sp³-hybridized carbons (Fsp3) is 0.222. The van der Waals surface area contributed by atoms with Crippen molar-refractivity contribution >= 4 is 11.6 Å². The molecule has 0 aromatic heterocycles. The number of rotatable bonds is 6. The Morgan fingerprint density at radius 2 is 2.04 bits per heavy atom. The summed E-state index contributed by atoms with van der Waals surface area (Å²) in [5, 5.41) is 23.7. The van der Waals surface area contributed by atoms with Crippen molar-refractivity contribution in [1.82, 2.24) is 5.32 Å². The Kier molecular flexibility index (Phi) is 5.73. The Bertz CT molecular complexity index is 722. The van der Waals surface area contributed by atoms with Crippen molar-refractivity contribution in [2.24, 2.45) is 0 Å². The van der Waals surface area contributed by atoms with Crippen LogP contribution in [0.1, 0.15) is 34.5 Å². The zero-order chi connectivity index (χ0) is 16.7. The molecule has 5 nitrogen and oxygen atoms in total. The van der Waals surface area contributed by atoms with Crippen molar-refractivity contribution in [3.8, 4) is 6.07 Å². The fourth-order valence-corrected chi connectivity index (χ4v) is 2.23. The first-order valence-corrected chi connectivity index (χ1v) is 7.39. The number of carbonyl (C=O) groups is 1. The number of amides is 1. The number of nitrogens with one attached hydrogen (secondary N) is 2. The van der Waals surface area contributed by atoms with Crippen LogP contribution in [-0.4, -0.2) is 24.2 Å². The normalized spacial score (nSPS) is 11.3. The second-order valence-electron chi connectivity index (χ2n) is 5.16. The Hall–Kier alpha value is -2.84. The molecule has 1 atom stereocenters. The van der Waals surface area contributed by atoms with Crippen molar-refractivity contribution in [2.45, 2.75) is 13.0 Å². The van der Waals surface area contributed by atoms with E-state index >= 15 is 0 Å². The van der Waals surface area contributed by atoms with Crippen LogP contribution in [0, 0.1) is 11.3 Å². The summed E-state index contributed by atoms with van der Waals surface area (Å²) in [6, 6.07) is 16.7. The summed E-state index contributed by atoms with van der Waals surface area (Å²) in [5.41, 5.74) is 2.96. The number of hydrogen-bond donors (Lipinski definition) is 3. The quantitative estimate of drug-likeness (QED) is 0.765. The van der Waals surface area contributed by atoms with Gasteiger partial charge in [-0.05, 0) is 42.8 Å². The number of nitrogens with zero attached hydrogens (tertiary/aromatic N) is 1. The highest BCUT2D eigenvalue weighted by atomic mass is 16.3. The third-order valence-electron chi connectivity index (χ3n) is 3.42. The lowest BCUT2D eigenvalue weighted by Crippen LogP contribution is -2.26. The highest BCUT2D eigenvalue weighted by Crippen LogP contribution is 2.20. The maximum atomic E-state index is 11.9. The molecule has 1 unspecified atom stereocenters. The summed E-state index contributed by atoms with van der Waals surface area (Å²) in [6.45, 7) is 2.14. The summed E-state index contributed by atoms with van der Waals surface area (Å²) in [6.07, 6.45) is 0. The van der Waals surface area contributed by atoms with E-state index in [2.05, 4.69) is 16.7 Å². The zero-order valence-corrected chi connectivity index (χ0v) is 12.9. The van der Waals surface area contributed by atoms with Crippen LogP contribution in [0.5, 0.6) is 0 Å². The molecule has 2 rings (SSSR count). The molecular weight excluding hydrogens is 290 g/mol. The van der Waals surface area contributed by atoms with Gasteiger partial charge in [-0.25, -0.2) is 0 Å². The van der Waals surface area contributed by atoms with Gasteiger partial charge in [-0.2, -0.15) is 5.26 Å². The van der Waals surface area contributed by atoms with Crippen LogP contribution in [0.3, 0.4) is 0 Å². The zero-order valence-electron chi connectivity index (χ0n) is 12.9. The minimum Gasteiger partial charge on any atom is -0.395 e. The third kappa shape index (κ3) is 4.56. The Labute approximate surface area is 135 Å². The van der Waals surface area contributed by atoms with E-state index in [-0.39, 0.29) is 25.1 Å². The van der Waals surface area contributed by atoms with Gasteiger partial charge >= 0.3 is 0 Å². The Morgan fingerprint density at radius 1 is 1.26 bits per heavy atom. The molecular formula is C18H19N3O2. The lowest BCUT2D eigenvalue weighted by Gasteiger charge is -2.16. The monoisotopic (exact) mass is 309 g/mol. The van der Waals surface area contributed by atoms with Crippen LogP contribution >= 0.6 is 0 Å². The molecule has 0 saturated heterocycles. The molecule has 1 amide bonds. The highest BCUT2D eigenvalue weighted by molar-refractivity contribution is 5.95. The second-order valence-corrected chi connectivity index (χ2v) is 5.16. The number of nitriles is 1. The van der Waals surface area contributed by atoms with Crippen LogP contribution < -0.4 is 10.6 Å². The molecule has 0 heterocycles. The lowest BCUT2D eigenvalue weighted by atomic mass is 10.0. The van der Waals surface area contributed by atoms with E-state index < -0.39 is 0 Å². The largest absolute Gasteiger partial charge is 0.395 e. The van der Waals surface area contributed by atoms with Crippen molar-refractivity contribution in [3.05, 3.63) is 65.2 Å². The van der Waals surface area contributed by atoms with E-state index in [9.17, 15) is 4.79 Å². The molecule has 118 valence electrons. The molecule has 0 aliphatic rings. The van der Waals surface area contributed by atoms with Gasteiger partial charge in [0, 0.05) is 23.8 Å². The summed E-state index contributed by atoms with van der Waals surface area (Å²) >= 11 is 0. The van der Waals surface area contributed by atoms with Gasteiger partial charge < -0.3 is 15.7 Å². The van der Waals surface area contributed by atoms with Gasteiger partial charge in [0.15, 0.2) is 0 Å². The van der Waals surface area contributed by atoms with Gasteiger partial charge in [0.1, 0.15) is 0 Å². The van der Waals surface area contributed by atoms with E-state index in [1.54, 1.807) is 24.3 Å². The van der Waals surface area contributed by atoms with E-state index in [0.29, 0.717) is 11.1 Å². The molecule has 0 fully saturated rings. The lowest BCUT2D eigenvalue weighted by molar-refractivity contribution is 0.0945. The smallest absolute Gasteiger partial charge is 0.251 e. The van der Waals surface area contributed by atoms with Crippen LogP contribution in [-0.2, 0) is 0 Å². The van der Waals surface area contributed by atoms with E-state index in [0.717, 1.165) is 11.3 Å². The van der Waals surface area contributed by atoms with Crippen molar-refractivity contribution < 1.29 is 9.90 Å². The third-order valence-corrected chi connectivity index (χ3v) is 3.42. The standard InChI is InChI=1S/C18H19N3O2/c1-13(15-5-2-4-14(10-15)12-19)21-17-7-3-6-16(11-17)18(23)20-8-9-22/h2-7,10-11,13,21-22H,8-9H2,1H3,(H,20,23). The minimum atomic E-state index is -0.221. The van der Waals surface area contributed by atoms with E-state index in [1.165, 1.54) is 0 Å². The number of hydrogen-bond acceptors (Lipinski definition) is 4. The average molecular weight is 309 g/mol. The van der Waals surface area contributed by atoms with E-state index in [1.807, 2.05) is 31.2 Å². The summed E-state index contributed by atoms with van der Waals surface area (Å²) < 4.78 is 0. The number of aliphatic hydroxyl groups is 1. The highest BCUT2D eigenvalue weighted by Gasteiger charge is 2.09. The number of carbonyl (C=O) groups excluding carboxylic acids is 1. The summed E-state index contributed by atoms with van der Waals surface area (Å²) in [4.78, 5) is 11.9. The fourth-order valence-electron chi connectivity index (χ4n) is 2.23. The van der Waals surface area contributed by atoms with Crippen LogP contribution in [0.4, 0.5) is 5.69 Å². The molecule has 0 radical (unpaired) electrons. The van der Waals surface area contributed by atoms with Gasteiger partial charge in [0.25, 0.3) is 5.91 Å². The molecule has 2 aromatic rings. The minimum absolute atomic E-state index is 0.000877.